The van der Waals surface area contributed by atoms with Gasteiger partial charge in [0.25, 0.3) is 0 Å². The lowest BCUT2D eigenvalue weighted by molar-refractivity contribution is -0.136. The predicted octanol–water partition coefficient (Wildman–Crippen LogP) is 0.640. The topological polar surface area (TPSA) is 50.8 Å². The van der Waals surface area contributed by atoms with E-state index in [1.165, 1.54) is 0 Å². The molecule has 0 aromatic rings. The zero-order valence-corrected chi connectivity index (χ0v) is 11.6. The Balaban J connectivity index is 2.21. The van der Waals surface area contributed by atoms with Crippen molar-refractivity contribution in [3.05, 3.63) is 0 Å². The van der Waals surface area contributed by atoms with Crippen LogP contribution in [-0.4, -0.2) is 63.4 Å². The summed E-state index contributed by atoms with van der Waals surface area (Å²) in [4.78, 5) is 14.0. The normalized spacial score (nSPS) is 20.4. The van der Waals surface area contributed by atoms with Crippen molar-refractivity contribution < 1.29 is 14.3 Å². The maximum Gasteiger partial charge on any atom is 0.239 e. The minimum Gasteiger partial charge on any atom is -0.382 e. The van der Waals surface area contributed by atoms with Crippen molar-refractivity contribution in [3.63, 3.8) is 0 Å². The number of amides is 1. The molecule has 1 aliphatic heterocycles. The second kappa shape index (κ2) is 9.30. The summed E-state index contributed by atoms with van der Waals surface area (Å²) in [5.41, 5.74) is 0. The van der Waals surface area contributed by atoms with E-state index in [0.29, 0.717) is 26.4 Å². The number of nitrogens with one attached hydrogen (secondary N) is 1. The molecule has 0 radical (unpaired) electrons. The van der Waals surface area contributed by atoms with Crippen LogP contribution in [0.4, 0.5) is 0 Å². The molecular formula is C13H26N2O3. The minimum absolute atomic E-state index is 0.0117. The van der Waals surface area contributed by atoms with Crippen LogP contribution in [0.15, 0.2) is 0 Å². The smallest absolute Gasteiger partial charge is 0.239 e. The van der Waals surface area contributed by atoms with Crippen LogP contribution < -0.4 is 5.32 Å². The van der Waals surface area contributed by atoms with Gasteiger partial charge in [0.1, 0.15) is 0 Å². The second-order valence-electron chi connectivity index (χ2n) is 4.58. The van der Waals surface area contributed by atoms with Gasteiger partial charge in [0.2, 0.25) is 5.91 Å². The van der Waals surface area contributed by atoms with Crippen molar-refractivity contribution >= 4 is 5.91 Å². The molecule has 1 heterocycles. The standard InChI is InChI=1S/C13H26N2O3/c1-3-6-14-12-5-4-7-15(13(12)16)8-9-18-11-10-17-2/h12,14H,3-11H2,1-2H3. The van der Waals surface area contributed by atoms with Gasteiger partial charge in [-0.3, -0.25) is 4.79 Å². The Morgan fingerprint density at radius 3 is 2.94 bits per heavy atom. The molecule has 0 aromatic heterocycles. The Morgan fingerprint density at radius 2 is 2.22 bits per heavy atom. The van der Waals surface area contributed by atoms with Crippen LogP contribution in [0.25, 0.3) is 0 Å². The first kappa shape index (κ1) is 15.4. The van der Waals surface area contributed by atoms with Crippen LogP contribution in [0, 0.1) is 0 Å². The summed E-state index contributed by atoms with van der Waals surface area (Å²) in [6.07, 6.45) is 3.09. The molecule has 1 atom stereocenters. The van der Waals surface area contributed by atoms with Crippen molar-refractivity contribution in [3.8, 4) is 0 Å². The fourth-order valence-electron chi connectivity index (χ4n) is 2.09. The fourth-order valence-corrected chi connectivity index (χ4v) is 2.09. The largest absolute Gasteiger partial charge is 0.382 e. The summed E-state index contributed by atoms with van der Waals surface area (Å²) in [6, 6.07) is 0.0117. The molecule has 0 saturated carbocycles. The van der Waals surface area contributed by atoms with E-state index in [9.17, 15) is 4.79 Å². The monoisotopic (exact) mass is 258 g/mol. The molecule has 1 fully saturated rings. The number of carbonyl (C=O) groups is 1. The van der Waals surface area contributed by atoms with E-state index in [4.69, 9.17) is 9.47 Å². The highest BCUT2D eigenvalue weighted by molar-refractivity contribution is 5.82. The molecule has 1 saturated heterocycles. The number of ether oxygens (including phenoxy) is 2. The average Bonchev–Trinajstić information content (AvgIpc) is 2.39. The van der Waals surface area contributed by atoms with Crippen molar-refractivity contribution in [2.24, 2.45) is 0 Å². The summed E-state index contributed by atoms with van der Waals surface area (Å²) >= 11 is 0. The Kier molecular flexibility index (Phi) is 7.96. The molecule has 1 amide bonds. The number of carbonyl (C=O) groups excluding carboxylic acids is 1. The van der Waals surface area contributed by atoms with Crippen LogP contribution in [0.5, 0.6) is 0 Å². The molecule has 1 aliphatic rings. The third-order valence-corrected chi connectivity index (χ3v) is 3.11. The Labute approximate surface area is 110 Å². The van der Waals surface area contributed by atoms with Gasteiger partial charge >= 0.3 is 0 Å². The number of likely N-dealkylation sites (tertiary alicyclic amines) is 1. The SMILES string of the molecule is CCCNC1CCCN(CCOCCOC)C1=O. The zero-order chi connectivity index (χ0) is 13.2. The molecule has 0 aliphatic carbocycles. The van der Waals surface area contributed by atoms with E-state index in [2.05, 4.69) is 12.2 Å². The molecule has 5 heteroatoms. The molecule has 1 unspecified atom stereocenters. The predicted molar refractivity (Wildman–Crippen MR) is 70.6 cm³/mol. The maximum atomic E-state index is 12.1. The van der Waals surface area contributed by atoms with Crippen molar-refractivity contribution in [1.29, 1.82) is 0 Å². The van der Waals surface area contributed by atoms with E-state index >= 15 is 0 Å². The molecule has 0 bridgehead atoms. The van der Waals surface area contributed by atoms with Crippen molar-refractivity contribution in [2.45, 2.75) is 32.2 Å². The number of hydrogen-bond acceptors (Lipinski definition) is 4. The molecule has 0 aromatic carbocycles. The van der Waals surface area contributed by atoms with E-state index in [0.717, 1.165) is 32.4 Å². The quantitative estimate of drug-likeness (QED) is 0.617. The molecule has 1 rings (SSSR count). The zero-order valence-electron chi connectivity index (χ0n) is 11.6. The Morgan fingerprint density at radius 1 is 1.39 bits per heavy atom. The van der Waals surface area contributed by atoms with Crippen LogP contribution in [0.1, 0.15) is 26.2 Å². The van der Waals surface area contributed by atoms with Gasteiger partial charge in [0, 0.05) is 20.2 Å². The summed E-state index contributed by atoms with van der Waals surface area (Å²) in [5.74, 6) is 0.227. The Hall–Kier alpha value is -0.650. The van der Waals surface area contributed by atoms with E-state index in [1.807, 2.05) is 4.90 Å². The van der Waals surface area contributed by atoms with Gasteiger partial charge in [-0.15, -0.1) is 0 Å². The first-order valence-corrected chi connectivity index (χ1v) is 6.88. The van der Waals surface area contributed by atoms with E-state index in [1.54, 1.807) is 7.11 Å². The molecular weight excluding hydrogens is 232 g/mol. The lowest BCUT2D eigenvalue weighted by atomic mass is 10.0. The lowest BCUT2D eigenvalue weighted by Crippen LogP contribution is -2.51. The third-order valence-electron chi connectivity index (χ3n) is 3.11. The van der Waals surface area contributed by atoms with Gasteiger partial charge < -0.3 is 19.7 Å². The molecule has 0 spiro atoms. The maximum absolute atomic E-state index is 12.1. The number of hydrogen-bond donors (Lipinski definition) is 1. The van der Waals surface area contributed by atoms with Crippen LogP contribution >= 0.6 is 0 Å². The summed E-state index contributed by atoms with van der Waals surface area (Å²) in [6.45, 7) is 6.36. The molecule has 1 N–H and O–H groups in total. The summed E-state index contributed by atoms with van der Waals surface area (Å²) < 4.78 is 10.3. The number of rotatable bonds is 9. The van der Waals surface area contributed by atoms with Crippen molar-refractivity contribution in [1.82, 2.24) is 10.2 Å². The first-order valence-electron chi connectivity index (χ1n) is 6.88. The van der Waals surface area contributed by atoms with Crippen LogP contribution in [0.2, 0.25) is 0 Å². The number of piperidine rings is 1. The van der Waals surface area contributed by atoms with Gasteiger partial charge in [-0.05, 0) is 25.8 Å². The molecule has 5 nitrogen and oxygen atoms in total. The van der Waals surface area contributed by atoms with Crippen molar-refractivity contribution in [2.75, 3.05) is 46.6 Å². The third kappa shape index (κ3) is 5.33. The molecule has 106 valence electrons. The van der Waals surface area contributed by atoms with E-state index in [-0.39, 0.29) is 11.9 Å². The first-order chi connectivity index (χ1) is 8.79. The van der Waals surface area contributed by atoms with Crippen LogP contribution in [0.3, 0.4) is 0 Å². The lowest BCUT2D eigenvalue weighted by Gasteiger charge is -2.32. The van der Waals surface area contributed by atoms with Gasteiger partial charge in [-0.25, -0.2) is 0 Å². The summed E-state index contributed by atoms with van der Waals surface area (Å²) in [5, 5.41) is 3.31. The van der Waals surface area contributed by atoms with Gasteiger partial charge in [-0.1, -0.05) is 6.92 Å². The highest BCUT2D eigenvalue weighted by atomic mass is 16.5. The van der Waals surface area contributed by atoms with E-state index < -0.39 is 0 Å². The summed E-state index contributed by atoms with van der Waals surface area (Å²) in [7, 11) is 1.65. The van der Waals surface area contributed by atoms with Crippen LogP contribution in [-0.2, 0) is 14.3 Å². The van der Waals surface area contributed by atoms with Gasteiger partial charge in [-0.2, -0.15) is 0 Å². The number of nitrogens with zero attached hydrogens (tertiary/aromatic N) is 1. The average molecular weight is 258 g/mol. The minimum atomic E-state index is 0.0117. The number of methoxy groups -OCH3 is 1. The highest BCUT2D eigenvalue weighted by Gasteiger charge is 2.27. The van der Waals surface area contributed by atoms with Gasteiger partial charge in [0.05, 0.1) is 25.9 Å². The Bertz CT molecular complexity index is 236. The molecule has 18 heavy (non-hydrogen) atoms. The fraction of sp³-hybridized carbons (Fsp3) is 0.923. The van der Waals surface area contributed by atoms with Gasteiger partial charge in [0.15, 0.2) is 0 Å². The second-order valence-corrected chi connectivity index (χ2v) is 4.58. The highest BCUT2D eigenvalue weighted by Crippen LogP contribution is 2.11.